The zero-order valence-corrected chi connectivity index (χ0v) is 18.8. The van der Waals surface area contributed by atoms with Gasteiger partial charge in [0, 0.05) is 47.4 Å². The van der Waals surface area contributed by atoms with Crippen molar-refractivity contribution in [1.82, 2.24) is 10.3 Å². The van der Waals surface area contributed by atoms with Gasteiger partial charge >= 0.3 is 0 Å². The van der Waals surface area contributed by atoms with Gasteiger partial charge in [-0.2, -0.15) is 0 Å². The van der Waals surface area contributed by atoms with Crippen LogP contribution in [-0.2, 0) is 5.54 Å². The van der Waals surface area contributed by atoms with Gasteiger partial charge in [0.25, 0.3) is 5.91 Å². The maximum Gasteiger partial charge on any atom is 0.252 e. The molecule has 0 atom stereocenters. The van der Waals surface area contributed by atoms with Gasteiger partial charge in [-0.05, 0) is 69.0 Å². The lowest BCUT2D eigenvalue weighted by Crippen LogP contribution is -2.59. The van der Waals surface area contributed by atoms with E-state index in [0.717, 1.165) is 48.1 Å². The van der Waals surface area contributed by atoms with Crippen molar-refractivity contribution in [2.24, 2.45) is 11.7 Å². The van der Waals surface area contributed by atoms with E-state index in [1.165, 1.54) is 6.07 Å². The summed E-state index contributed by atoms with van der Waals surface area (Å²) in [5, 5.41) is 4.02. The molecule has 1 aliphatic heterocycles. The van der Waals surface area contributed by atoms with Crippen LogP contribution in [0.3, 0.4) is 0 Å². The summed E-state index contributed by atoms with van der Waals surface area (Å²) in [5.74, 6) is -0.000783. The predicted molar refractivity (Wildman–Crippen MR) is 125 cm³/mol. The van der Waals surface area contributed by atoms with Crippen LogP contribution in [0, 0.1) is 18.7 Å². The number of carbonyl (C=O) groups excluding carboxylic acids is 1. The largest absolute Gasteiger partial charge is 0.371 e. The molecular formula is C26H29FN4O. The Morgan fingerprint density at radius 1 is 1.22 bits per heavy atom. The summed E-state index contributed by atoms with van der Waals surface area (Å²) in [5.41, 5.74) is 9.50. The molecule has 3 aromatic rings. The summed E-state index contributed by atoms with van der Waals surface area (Å²) < 4.78 is 14.3. The van der Waals surface area contributed by atoms with Crippen LogP contribution in [0.5, 0.6) is 0 Å². The molecule has 5 rings (SSSR count). The van der Waals surface area contributed by atoms with Gasteiger partial charge in [0.1, 0.15) is 11.3 Å². The number of nitrogens with one attached hydrogen (secondary N) is 1. The first-order valence-electron chi connectivity index (χ1n) is 11.2. The molecule has 6 heteroatoms. The van der Waals surface area contributed by atoms with Crippen molar-refractivity contribution in [2.75, 3.05) is 18.0 Å². The molecular weight excluding hydrogens is 403 g/mol. The molecule has 1 amide bonds. The molecule has 0 unspecified atom stereocenters. The van der Waals surface area contributed by atoms with E-state index in [0.29, 0.717) is 17.0 Å². The highest BCUT2D eigenvalue weighted by atomic mass is 19.1. The first-order chi connectivity index (χ1) is 15.2. The van der Waals surface area contributed by atoms with Gasteiger partial charge in [0.05, 0.1) is 5.54 Å². The Kier molecular flexibility index (Phi) is 4.75. The van der Waals surface area contributed by atoms with Crippen LogP contribution in [0.15, 0.2) is 48.7 Å². The molecule has 1 saturated heterocycles. The molecule has 2 fully saturated rings. The molecule has 2 heterocycles. The lowest BCUT2D eigenvalue weighted by atomic mass is 9.82. The van der Waals surface area contributed by atoms with Crippen molar-refractivity contribution in [1.29, 1.82) is 0 Å². The third kappa shape index (κ3) is 3.52. The van der Waals surface area contributed by atoms with Crippen molar-refractivity contribution in [3.8, 4) is 0 Å². The first kappa shape index (κ1) is 20.9. The summed E-state index contributed by atoms with van der Waals surface area (Å²) in [6.45, 7) is 7.87. The van der Waals surface area contributed by atoms with E-state index in [1.54, 1.807) is 18.3 Å². The third-order valence-corrected chi connectivity index (χ3v) is 7.10. The van der Waals surface area contributed by atoms with E-state index >= 15 is 0 Å². The van der Waals surface area contributed by atoms with Gasteiger partial charge in [-0.1, -0.05) is 18.2 Å². The van der Waals surface area contributed by atoms with Crippen molar-refractivity contribution >= 4 is 22.5 Å². The number of halogens is 1. The van der Waals surface area contributed by atoms with E-state index in [-0.39, 0.29) is 17.3 Å². The third-order valence-electron chi connectivity index (χ3n) is 7.10. The van der Waals surface area contributed by atoms with Gasteiger partial charge in [0.15, 0.2) is 0 Å². The highest BCUT2D eigenvalue weighted by molar-refractivity contribution is 5.98. The molecule has 1 saturated carbocycles. The number of hydrogen-bond acceptors (Lipinski definition) is 4. The number of rotatable bonds is 5. The van der Waals surface area contributed by atoms with Gasteiger partial charge < -0.3 is 16.0 Å². The zero-order valence-electron chi connectivity index (χ0n) is 18.8. The van der Waals surface area contributed by atoms with E-state index in [4.69, 9.17) is 5.73 Å². The number of aromatic nitrogens is 1. The molecule has 3 N–H and O–H groups in total. The number of benzene rings is 2. The fourth-order valence-corrected chi connectivity index (χ4v) is 4.64. The molecule has 1 aromatic heterocycles. The van der Waals surface area contributed by atoms with E-state index in [2.05, 4.69) is 35.1 Å². The minimum absolute atomic E-state index is 0.0977. The number of carbonyl (C=O) groups is 1. The maximum absolute atomic E-state index is 14.3. The topological polar surface area (TPSA) is 71.2 Å². The Balaban J connectivity index is 1.40. The monoisotopic (exact) mass is 432 g/mol. The molecule has 32 heavy (non-hydrogen) atoms. The Hall–Kier alpha value is -2.99. The summed E-state index contributed by atoms with van der Waals surface area (Å²) in [6, 6.07) is 13.0. The van der Waals surface area contributed by atoms with Gasteiger partial charge in [-0.25, -0.2) is 4.39 Å². The first-order valence-corrected chi connectivity index (χ1v) is 11.2. The van der Waals surface area contributed by atoms with Crippen molar-refractivity contribution < 1.29 is 9.18 Å². The highest BCUT2D eigenvalue weighted by Crippen LogP contribution is 2.48. The molecule has 166 valence electrons. The molecule has 0 spiro atoms. The van der Waals surface area contributed by atoms with E-state index in [1.807, 2.05) is 25.1 Å². The molecule has 2 aliphatic rings. The predicted octanol–water partition coefficient (Wildman–Crippen LogP) is 4.27. The van der Waals surface area contributed by atoms with Crippen molar-refractivity contribution in [3.05, 3.63) is 71.2 Å². The summed E-state index contributed by atoms with van der Waals surface area (Å²) >= 11 is 0. The average molecular weight is 433 g/mol. The Morgan fingerprint density at radius 2 is 1.97 bits per heavy atom. The second-order valence-electron chi connectivity index (χ2n) is 9.95. The Labute approximate surface area is 187 Å². The van der Waals surface area contributed by atoms with Gasteiger partial charge in [0.2, 0.25) is 0 Å². The average Bonchev–Trinajstić information content (AvgIpc) is 3.47. The summed E-state index contributed by atoms with van der Waals surface area (Å²) in [6.07, 6.45) is 3.24. The minimum Gasteiger partial charge on any atom is -0.371 e. The van der Waals surface area contributed by atoms with Gasteiger partial charge in [-0.15, -0.1) is 0 Å². The number of fused-ring (bicyclic) bond motifs is 1. The molecule has 5 nitrogen and oxygen atoms in total. The van der Waals surface area contributed by atoms with Gasteiger partial charge in [-0.3, -0.25) is 9.78 Å². The van der Waals surface area contributed by atoms with Crippen LogP contribution in [0.2, 0.25) is 0 Å². The van der Waals surface area contributed by atoms with Crippen molar-refractivity contribution in [3.63, 3.8) is 0 Å². The van der Waals surface area contributed by atoms with Crippen LogP contribution in [0.4, 0.5) is 10.1 Å². The minimum atomic E-state index is -0.472. The van der Waals surface area contributed by atoms with Crippen LogP contribution >= 0.6 is 0 Å². The number of nitrogens with zero attached hydrogens (tertiary/aromatic N) is 2. The fourth-order valence-electron chi connectivity index (χ4n) is 4.64. The maximum atomic E-state index is 14.3. The zero-order chi connectivity index (χ0) is 22.7. The lowest BCUT2D eigenvalue weighted by molar-refractivity contribution is 0.0930. The van der Waals surface area contributed by atoms with E-state index < -0.39 is 5.54 Å². The number of nitrogens with two attached hydrogens (primary N) is 1. The van der Waals surface area contributed by atoms with Crippen molar-refractivity contribution in [2.45, 2.75) is 44.7 Å². The number of aryl methyl sites for hydroxylation is 1. The normalized spacial score (nSPS) is 17.8. The fraction of sp³-hybridized carbons (Fsp3) is 0.385. The summed E-state index contributed by atoms with van der Waals surface area (Å²) in [7, 11) is 0. The SMILES string of the molecule is Cc1ccc(N2CC(C(C)(C)N)C2)cc1C(=O)NC1(c2ccc(F)c3ncccc23)CC1. The number of anilines is 1. The molecule has 0 radical (unpaired) electrons. The standard InChI is InChI=1S/C26H29FN4O/c1-16-6-7-18(31-14-17(15-31)25(2,3)28)13-20(16)24(32)30-26(10-11-26)21-8-9-22(27)23-19(21)5-4-12-29-23/h4-9,12-13,17H,10-11,14-15,28H2,1-3H3,(H,30,32). The van der Waals surface area contributed by atoms with E-state index in [9.17, 15) is 9.18 Å². The quantitative estimate of drug-likeness (QED) is 0.632. The second-order valence-corrected chi connectivity index (χ2v) is 9.95. The summed E-state index contributed by atoms with van der Waals surface area (Å²) in [4.78, 5) is 19.8. The molecule has 1 aliphatic carbocycles. The Morgan fingerprint density at radius 3 is 2.66 bits per heavy atom. The Bertz CT molecular complexity index is 1210. The molecule has 2 aromatic carbocycles. The highest BCUT2D eigenvalue weighted by Gasteiger charge is 2.47. The smallest absolute Gasteiger partial charge is 0.252 e. The number of pyridine rings is 1. The second kappa shape index (κ2) is 7.27. The van der Waals surface area contributed by atoms with Crippen LogP contribution in [0.1, 0.15) is 48.2 Å². The number of amides is 1. The van der Waals surface area contributed by atoms with Crippen LogP contribution in [-0.4, -0.2) is 29.5 Å². The lowest BCUT2D eigenvalue weighted by Gasteiger charge is -2.47. The molecule has 0 bridgehead atoms. The van der Waals surface area contributed by atoms with Crippen LogP contribution < -0.4 is 16.0 Å². The van der Waals surface area contributed by atoms with Crippen LogP contribution in [0.25, 0.3) is 10.9 Å². The number of hydrogen-bond donors (Lipinski definition) is 2.